The molecule has 3 heteroatoms. The number of ether oxygens (including phenoxy) is 2. The van der Waals surface area contributed by atoms with Gasteiger partial charge in [-0.25, -0.2) is 0 Å². The van der Waals surface area contributed by atoms with Gasteiger partial charge in [0.1, 0.15) is 0 Å². The summed E-state index contributed by atoms with van der Waals surface area (Å²) in [4.78, 5) is 0. The maximum absolute atomic E-state index is 5.26. The third-order valence-electron chi connectivity index (χ3n) is 0.803. The van der Waals surface area contributed by atoms with E-state index in [0.717, 1.165) is 0 Å². The van der Waals surface area contributed by atoms with Crippen molar-refractivity contribution in [3.05, 3.63) is 6.29 Å². The number of hydrogen-bond donors (Lipinski definition) is 0. The Kier molecular flexibility index (Phi) is 10.1. The van der Waals surface area contributed by atoms with E-state index < -0.39 is 0 Å². The molecule has 0 saturated carbocycles. The summed E-state index contributed by atoms with van der Waals surface area (Å²) in [5.41, 5.74) is 0. The van der Waals surface area contributed by atoms with E-state index >= 15 is 0 Å². The van der Waals surface area contributed by atoms with E-state index in [1.807, 2.05) is 34.6 Å². The number of rotatable bonds is 4. The van der Waals surface area contributed by atoms with Gasteiger partial charge in [0.2, 0.25) is 0 Å². The topological polar surface area (TPSA) is 18.5 Å². The molecular weight excluding hydrogens is 217 g/mol. The normalized spacial score (nSPS) is 10.9. The summed E-state index contributed by atoms with van der Waals surface area (Å²) in [6.07, 6.45) is 1.07. The van der Waals surface area contributed by atoms with Crippen molar-refractivity contribution in [3.8, 4) is 0 Å². The van der Waals surface area contributed by atoms with Crippen LogP contribution in [0.25, 0.3) is 0 Å². The molecule has 0 bridgehead atoms. The van der Waals surface area contributed by atoms with Crippen LogP contribution in [0.3, 0.4) is 0 Å². The van der Waals surface area contributed by atoms with E-state index in [0.29, 0.717) is 6.29 Å². The first-order chi connectivity index (χ1) is 4.52. The maximum atomic E-state index is 5.26. The van der Waals surface area contributed by atoms with E-state index in [4.69, 9.17) is 9.47 Å². The zero-order valence-corrected chi connectivity index (χ0v) is 10.9. The first kappa shape index (κ1) is 14.5. The fourth-order valence-electron chi connectivity index (χ4n) is 0.692. The molecule has 0 aliphatic rings. The molecule has 0 aromatic carbocycles. The Morgan fingerprint density at radius 2 is 1.18 bits per heavy atom. The summed E-state index contributed by atoms with van der Waals surface area (Å²) >= 11 is 0. The minimum atomic E-state index is 0. The Morgan fingerprint density at radius 3 is 1.36 bits per heavy atom. The second kappa shape index (κ2) is 7.66. The molecule has 0 heterocycles. The van der Waals surface area contributed by atoms with Crippen molar-refractivity contribution >= 4 is 0 Å². The van der Waals surface area contributed by atoms with Gasteiger partial charge in [0.25, 0.3) is 0 Å². The van der Waals surface area contributed by atoms with Crippen LogP contribution >= 0.6 is 0 Å². The van der Waals surface area contributed by atoms with Crippen molar-refractivity contribution < 1.29 is 42.2 Å². The fraction of sp³-hybridized carbons (Fsp3) is 0.875. The van der Waals surface area contributed by atoms with Crippen LogP contribution in [0.1, 0.15) is 34.6 Å². The SMILES string of the molecule is C[C-](OC(C)C)OC(C)C.[Y]. The average molecular weight is 234 g/mol. The molecule has 0 aliphatic heterocycles. The van der Waals surface area contributed by atoms with Gasteiger partial charge < -0.3 is 9.47 Å². The predicted octanol–water partition coefficient (Wildman–Crippen LogP) is 2.34. The van der Waals surface area contributed by atoms with E-state index in [-0.39, 0.29) is 44.9 Å². The third kappa shape index (κ3) is 11.0. The Hall–Kier alpha value is 1.02. The van der Waals surface area contributed by atoms with Crippen LogP contribution in [-0.4, -0.2) is 12.2 Å². The van der Waals surface area contributed by atoms with Crippen molar-refractivity contribution in [2.24, 2.45) is 0 Å². The molecule has 65 valence electrons. The van der Waals surface area contributed by atoms with Gasteiger partial charge in [0, 0.05) is 44.9 Å². The zero-order chi connectivity index (χ0) is 8.15. The van der Waals surface area contributed by atoms with Gasteiger partial charge in [-0.2, -0.15) is 0 Å². The van der Waals surface area contributed by atoms with Crippen molar-refractivity contribution in [1.82, 2.24) is 0 Å². The van der Waals surface area contributed by atoms with E-state index in [9.17, 15) is 0 Å². The average Bonchev–Trinajstić information content (AvgIpc) is 1.58. The van der Waals surface area contributed by atoms with Gasteiger partial charge in [-0.05, 0) is 27.7 Å². The molecule has 0 aliphatic carbocycles. The van der Waals surface area contributed by atoms with Crippen LogP contribution in [0.4, 0.5) is 0 Å². The molecule has 0 atom stereocenters. The monoisotopic (exact) mass is 234 g/mol. The standard InChI is InChI=1S/C8H17O2.Y/c1-6(2)9-8(5)10-7(3)4;/h6-7H,1-5H3;/q-1;. The summed E-state index contributed by atoms with van der Waals surface area (Å²) < 4.78 is 10.5. The van der Waals surface area contributed by atoms with E-state index in [1.54, 1.807) is 0 Å². The van der Waals surface area contributed by atoms with E-state index in [1.165, 1.54) is 0 Å². The Labute approximate surface area is 94.9 Å². The van der Waals surface area contributed by atoms with Crippen molar-refractivity contribution in [2.45, 2.75) is 46.8 Å². The fourth-order valence-corrected chi connectivity index (χ4v) is 0.692. The van der Waals surface area contributed by atoms with E-state index in [2.05, 4.69) is 0 Å². The molecule has 0 fully saturated rings. The van der Waals surface area contributed by atoms with Crippen LogP contribution in [0.15, 0.2) is 0 Å². The molecule has 0 rings (SSSR count). The van der Waals surface area contributed by atoms with Crippen molar-refractivity contribution in [2.75, 3.05) is 0 Å². The second-order valence-corrected chi connectivity index (χ2v) is 2.82. The Balaban J connectivity index is 0. The van der Waals surface area contributed by atoms with Gasteiger partial charge in [-0.3, -0.25) is 0 Å². The molecular formula is C8H17O2Y-. The zero-order valence-electron chi connectivity index (χ0n) is 8.05. The quantitative estimate of drug-likeness (QED) is 0.695. The van der Waals surface area contributed by atoms with Gasteiger partial charge >= 0.3 is 0 Å². The van der Waals surface area contributed by atoms with Gasteiger partial charge in [-0.1, -0.05) is 6.29 Å². The molecule has 11 heavy (non-hydrogen) atoms. The molecule has 2 nitrogen and oxygen atoms in total. The summed E-state index contributed by atoms with van der Waals surface area (Å²) in [7, 11) is 0. The first-order valence-electron chi connectivity index (χ1n) is 3.69. The minimum Gasteiger partial charge on any atom is -0.520 e. The van der Waals surface area contributed by atoms with Crippen LogP contribution in [0, 0.1) is 6.29 Å². The van der Waals surface area contributed by atoms with Crippen LogP contribution in [0.2, 0.25) is 0 Å². The molecule has 0 aromatic rings. The summed E-state index contributed by atoms with van der Waals surface area (Å²) in [6, 6.07) is 0. The Morgan fingerprint density at radius 1 is 0.909 bits per heavy atom. The van der Waals surface area contributed by atoms with Crippen LogP contribution in [-0.2, 0) is 42.2 Å². The van der Waals surface area contributed by atoms with Crippen LogP contribution < -0.4 is 0 Å². The minimum absolute atomic E-state index is 0. The molecule has 0 N–H and O–H groups in total. The third-order valence-corrected chi connectivity index (χ3v) is 0.803. The maximum Gasteiger partial charge on any atom is 0.0193 e. The largest absolute Gasteiger partial charge is 0.520 e. The van der Waals surface area contributed by atoms with Gasteiger partial charge in [0.15, 0.2) is 0 Å². The summed E-state index contributed by atoms with van der Waals surface area (Å²) in [5, 5.41) is 0. The van der Waals surface area contributed by atoms with Crippen LogP contribution in [0.5, 0.6) is 0 Å². The smallest absolute Gasteiger partial charge is 0.0193 e. The summed E-state index contributed by atoms with van der Waals surface area (Å²) in [5.74, 6) is 0. The van der Waals surface area contributed by atoms with Crippen molar-refractivity contribution in [1.29, 1.82) is 0 Å². The number of hydrogen-bond acceptors (Lipinski definition) is 2. The first-order valence-corrected chi connectivity index (χ1v) is 3.69. The predicted molar refractivity (Wildman–Crippen MR) is 41.4 cm³/mol. The second-order valence-electron chi connectivity index (χ2n) is 2.82. The molecule has 0 spiro atoms. The molecule has 0 saturated heterocycles. The van der Waals surface area contributed by atoms with Crippen molar-refractivity contribution in [3.63, 3.8) is 0 Å². The molecule has 1 radical (unpaired) electrons. The van der Waals surface area contributed by atoms with Gasteiger partial charge in [-0.15, -0.1) is 6.92 Å². The Bertz CT molecular complexity index is 74.2. The molecule has 0 unspecified atom stereocenters. The summed E-state index contributed by atoms with van der Waals surface area (Å²) in [6.45, 7) is 9.75. The van der Waals surface area contributed by atoms with Gasteiger partial charge in [0.05, 0.1) is 0 Å². The molecule has 0 aromatic heterocycles. The molecule has 0 amide bonds.